The molecule has 0 fully saturated rings. The maximum Gasteiger partial charge on any atom is 0.233 e. The Morgan fingerprint density at radius 1 is 1.41 bits per heavy atom. The van der Waals surface area contributed by atoms with Crippen molar-refractivity contribution in [2.24, 2.45) is 0 Å². The van der Waals surface area contributed by atoms with Crippen molar-refractivity contribution in [3.63, 3.8) is 0 Å². The van der Waals surface area contributed by atoms with E-state index in [4.69, 9.17) is 0 Å². The van der Waals surface area contributed by atoms with Crippen LogP contribution in [0.5, 0.6) is 0 Å². The summed E-state index contributed by atoms with van der Waals surface area (Å²) in [6.07, 6.45) is 0.854. The van der Waals surface area contributed by atoms with Crippen molar-refractivity contribution in [3.8, 4) is 0 Å². The molecule has 0 saturated heterocycles. The molecule has 1 amide bonds. The second-order valence-corrected chi connectivity index (χ2v) is 5.18. The van der Waals surface area contributed by atoms with Gasteiger partial charge in [0.05, 0.1) is 6.54 Å². The van der Waals surface area contributed by atoms with E-state index in [0.717, 1.165) is 10.9 Å². The zero-order valence-electron chi connectivity index (χ0n) is 10.3. The summed E-state index contributed by atoms with van der Waals surface area (Å²) in [7, 11) is 0. The summed E-state index contributed by atoms with van der Waals surface area (Å²) in [4.78, 5) is 11.4. The van der Waals surface area contributed by atoms with Crippen molar-refractivity contribution in [1.29, 1.82) is 0 Å². The van der Waals surface area contributed by atoms with Crippen LogP contribution in [0, 0.1) is 0 Å². The number of hydrogen-bond donors (Lipinski definition) is 2. The smallest absolute Gasteiger partial charge is 0.233 e. The first kappa shape index (κ1) is 14.2. The molecule has 4 heteroatoms. The fourth-order valence-electron chi connectivity index (χ4n) is 1.40. The second-order valence-electron chi connectivity index (χ2n) is 4.27. The van der Waals surface area contributed by atoms with E-state index in [0.29, 0.717) is 19.1 Å². The lowest BCUT2D eigenvalue weighted by molar-refractivity contribution is -0.120. The molecule has 1 aromatic rings. The van der Waals surface area contributed by atoms with E-state index in [1.54, 1.807) is 0 Å². The molecule has 17 heavy (non-hydrogen) atoms. The Bertz CT molecular complexity index is 366. The van der Waals surface area contributed by atoms with Gasteiger partial charge in [0.25, 0.3) is 0 Å². The van der Waals surface area contributed by atoms with Crippen molar-refractivity contribution >= 4 is 21.8 Å². The third-order valence-corrected chi connectivity index (χ3v) is 2.79. The fraction of sp³-hybridized carbons (Fsp3) is 0.462. The summed E-state index contributed by atoms with van der Waals surface area (Å²) in [6.45, 7) is 5.11. The molecule has 0 bridgehead atoms. The average Bonchev–Trinajstić information content (AvgIpc) is 2.26. The van der Waals surface area contributed by atoms with Crippen LogP contribution in [0.1, 0.15) is 19.4 Å². The first-order chi connectivity index (χ1) is 8.08. The largest absolute Gasteiger partial charge is 0.355 e. The molecule has 0 heterocycles. The third kappa shape index (κ3) is 6.44. The highest BCUT2D eigenvalue weighted by atomic mass is 79.9. The van der Waals surface area contributed by atoms with E-state index in [1.165, 1.54) is 5.56 Å². The molecule has 0 unspecified atom stereocenters. The van der Waals surface area contributed by atoms with Gasteiger partial charge in [-0.25, -0.2) is 0 Å². The van der Waals surface area contributed by atoms with Crippen LogP contribution in [0.3, 0.4) is 0 Å². The molecular weight excluding hydrogens is 280 g/mol. The molecular formula is C13H19BrN2O. The molecule has 0 radical (unpaired) electrons. The highest BCUT2D eigenvalue weighted by Gasteiger charge is 2.01. The van der Waals surface area contributed by atoms with Gasteiger partial charge in [-0.1, -0.05) is 41.9 Å². The Morgan fingerprint density at radius 3 is 2.82 bits per heavy atom. The molecule has 0 aromatic heterocycles. The van der Waals surface area contributed by atoms with Gasteiger partial charge in [-0.15, -0.1) is 0 Å². The molecule has 0 atom stereocenters. The van der Waals surface area contributed by atoms with Gasteiger partial charge < -0.3 is 10.6 Å². The van der Waals surface area contributed by atoms with Crippen molar-refractivity contribution in [2.75, 3.05) is 13.1 Å². The number of rotatable bonds is 6. The summed E-state index contributed by atoms with van der Waals surface area (Å²) in [5, 5.41) is 5.97. The highest BCUT2D eigenvalue weighted by molar-refractivity contribution is 9.10. The number of carbonyl (C=O) groups is 1. The molecule has 0 aliphatic carbocycles. The Morgan fingerprint density at radius 2 is 2.18 bits per heavy atom. The van der Waals surface area contributed by atoms with Gasteiger partial charge in [-0.2, -0.15) is 0 Å². The molecule has 1 rings (SSSR count). The average molecular weight is 299 g/mol. The van der Waals surface area contributed by atoms with Gasteiger partial charge >= 0.3 is 0 Å². The van der Waals surface area contributed by atoms with Crippen LogP contribution < -0.4 is 10.6 Å². The first-order valence-electron chi connectivity index (χ1n) is 5.82. The number of benzene rings is 1. The SMILES string of the molecule is CC(C)NCC(=O)NCCc1cccc(Br)c1. The van der Waals surface area contributed by atoms with Crippen molar-refractivity contribution in [3.05, 3.63) is 34.3 Å². The summed E-state index contributed by atoms with van der Waals surface area (Å²) < 4.78 is 1.07. The van der Waals surface area contributed by atoms with Crippen LogP contribution in [0.2, 0.25) is 0 Å². The second kappa shape index (κ2) is 7.45. The fourth-order valence-corrected chi connectivity index (χ4v) is 1.84. The molecule has 0 aliphatic rings. The summed E-state index contributed by atoms with van der Waals surface area (Å²) in [6, 6.07) is 8.46. The lowest BCUT2D eigenvalue weighted by atomic mass is 10.1. The van der Waals surface area contributed by atoms with Crippen molar-refractivity contribution in [2.45, 2.75) is 26.3 Å². The summed E-state index contributed by atoms with van der Waals surface area (Å²) in [5.41, 5.74) is 1.22. The monoisotopic (exact) mass is 298 g/mol. The maximum atomic E-state index is 11.4. The highest BCUT2D eigenvalue weighted by Crippen LogP contribution is 2.11. The summed E-state index contributed by atoms with van der Waals surface area (Å²) >= 11 is 3.43. The van der Waals surface area contributed by atoms with Crippen LogP contribution in [-0.4, -0.2) is 25.0 Å². The lowest BCUT2D eigenvalue weighted by Gasteiger charge is -2.09. The predicted octanol–water partition coefficient (Wildman–Crippen LogP) is 2.11. The third-order valence-electron chi connectivity index (χ3n) is 2.30. The molecule has 0 aliphatic heterocycles. The van der Waals surface area contributed by atoms with Crippen LogP contribution in [-0.2, 0) is 11.2 Å². The number of halogens is 1. The molecule has 0 spiro atoms. The Labute approximate surface area is 111 Å². The molecule has 3 nitrogen and oxygen atoms in total. The van der Waals surface area contributed by atoms with E-state index >= 15 is 0 Å². The maximum absolute atomic E-state index is 11.4. The number of nitrogens with one attached hydrogen (secondary N) is 2. The van der Waals surface area contributed by atoms with Gasteiger partial charge in [0, 0.05) is 17.1 Å². The Balaban J connectivity index is 2.21. The number of carbonyl (C=O) groups excluding carboxylic acids is 1. The van der Waals surface area contributed by atoms with Gasteiger partial charge in [0.15, 0.2) is 0 Å². The minimum Gasteiger partial charge on any atom is -0.355 e. The quantitative estimate of drug-likeness (QED) is 0.844. The molecule has 1 aromatic carbocycles. The van der Waals surface area contributed by atoms with Crippen LogP contribution in [0.15, 0.2) is 28.7 Å². The van der Waals surface area contributed by atoms with Gasteiger partial charge in [0.2, 0.25) is 5.91 Å². The van der Waals surface area contributed by atoms with Crippen LogP contribution in [0.4, 0.5) is 0 Å². The molecule has 0 saturated carbocycles. The van der Waals surface area contributed by atoms with E-state index in [-0.39, 0.29) is 5.91 Å². The topological polar surface area (TPSA) is 41.1 Å². The predicted molar refractivity (Wildman–Crippen MR) is 74.0 cm³/mol. The molecule has 2 N–H and O–H groups in total. The first-order valence-corrected chi connectivity index (χ1v) is 6.62. The van der Waals surface area contributed by atoms with E-state index < -0.39 is 0 Å². The normalized spacial score (nSPS) is 10.6. The van der Waals surface area contributed by atoms with E-state index in [9.17, 15) is 4.79 Å². The molecule has 94 valence electrons. The van der Waals surface area contributed by atoms with Gasteiger partial charge in [-0.05, 0) is 24.1 Å². The lowest BCUT2D eigenvalue weighted by Crippen LogP contribution is -2.37. The Kier molecular flexibility index (Phi) is 6.22. The van der Waals surface area contributed by atoms with E-state index in [2.05, 4.69) is 38.7 Å². The van der Waals surface area contributed by atoms with E-state index in [1.807, 2.05) is 26.0 Å². The minimum absolute atomic E-state index is 0.0497. The van der Waals surface area contributed by atoms with Crippen molar-refractivity contribution in [1.82, 2.24) is 10.6 Å². The van der Waals surface area contributed by atoms with Crippen LogP contribution >= 0.6 is 15.9 Å². The van der Waals surface area contributed by atoms with Crippen LogP contribution in [0.25, 0.3) is 0 Å². The van der Waals surface area contributed by atoms with Gasteiger partial charge in [-0.3, -0.25) is 4.79 Å². The Hall–Kier alpha value is -0.870. The number of hydrogen-bond acceptors (Lipinski definition) is 2. The standard InChI is InChI=1S/C13H19BrN2O/c1-10(2)16-9-13(17)15-7-6-11-4-3-5-12(14)8-11/h3-5,8,10,16H,6-7,9H2,1-2H3,(H,15,17). The van der Waals surface area contributed by atoms with Crippen molar-refractivity contribution < 1.29 is 4.79 Å². The summed E-state index contributed by atoms with van der Waals surface area (Å²) in [5.74, 6) is 0.0497. The zero-order chi connectivity index (χ0) is 12.7. The zero-order valence-corrected chi connectivity index (χ0v) is 11.9. The number of amides is 1. The minimum atomic E-state index is 0.0497. The van der Waals surface area contributed by atoms with Gasteiger partial charge in [0.1, 0.15) is 0 Å².